The number of hydrogen-bond acceptors (Lipinski definition) is 7. The molecule has 29 heavy (non-hydrogen) atoms. The van der Waals surface area contributed by atoms with E-state index >= 15 is 0 Å². The van der Waals surface area contributed by atoms with E-state index < -0.39 is 0 Å². The summed E-state index contributed by atoms with van der Waals surface area (Å²) < 4.78 is 12.2. The van der Waals surface area contributed by atoms with Gasteiger partial charge in [0, 0.05) is 16.5 Å². The van der Waals surface area contributed by atoms with Crippen molar-refractivity contribution in [1.29, 1.82) is 0 Å². The van der Waals surface area contributed by atoms with Gasteiger partial charge < -0.3 is 9.47 Å². The molecule has 0 spiro atoms. The van der Waals surface area contributed by atoms with Crippen LogP contribution >= 0.6 is 11.3 Å². The van der Waals surface area contributed by atoms with Gasteiger partial charge in [0.25, 0.3) is 5.91 Å². The number of nitrogens with zero attached hydrogens (tertiary/aromatic N) is 4. The summed E-state index contributed by atoms with van der Waals surface area (Å²) in [4.78, 5) is 20.9. The number of hydrogen-bond donors (Lipinski definition) is 1. The SMILES string of the molecule is COc1ccc(-c2csc(NC(=O)c3ccc(-n4cncn4)cc3)n2)cc1OC. The Kier molecular flexibility index (Phi) is 5.21. The summed E-state index contributed by atoms with van der Waals surface area (Å²) in [5, 5.41) is 9.29. The zero-order valence-corrected chi connectivity index (χ0v) is 16.5. The van der Waals surface area contributed by atoms with Gasteiger partial charge in [-0.05, 0) is 42.5 Å². The zero-order chi connectivity index (χ0) is 20.2. The summed E-state index contributed by atoms with van der Waals surface area (Å²) >= 11 is 1.35. The fourth-order valence-electron chi connectivity index (χ4n) is 2.74. The Labute approximate surface area is 170 Å². The Morgan fingerprint density at radius 1 is 1.07 bits per heavy atom. The largest absolute Gasteiger partial charge is 0.493 e. The quantitative estimate of drug-likeness (QED) is 0.525. The fraction of sp³-hybridized carbons (Fsp3) is 0.100. The standard InChI is InChI=1S/C20H17N5O3S/c1-27-17-8-5-14(9-18(17)28-2)16-10-29-20(23-16)24-19(26)13-3-6-15(7-4-13)25-12-21-11-22-25/h3-12H,1-2H3,(H,23,24,26). The maximum Gasteiger partial charge on any atom is 0.257 e. The molecule has 1 N–H and O–H groups in total. The molecule has 9 heteroatoms. The molecule has 4 aromatic rings. The van der Waals surface area contributed by atoms with E-state index in [-0.39, 0.29) is 5.91 Å². The molecule has 0 aliphatic rings. The smallest absolute Gasteiger partial charge is 0.257 e. The molecular weight excluding hydrogens is 390 g/mol. The third-order valence-corrected chi connectivity index (χ3v) is 4.97. The lowest BCUT2D eigenvalue weighted by Crippen LogP contribution is -2.11. The summed E-state index contributed by atoms with van der Waals surface area (Å²) in [6.07, 6.45) is 3.05. The van der Waals surface area contributed by atoms with Crippen molar-refractivity contribution in [3.05, 3.63) is 66.1 Å². The number of anilines is 1. The van der Waals surface area contributed by atoms with E-state index in [4.69, 9.17) is 9.47 Å². The number of nitrogens with one attached hydrogen (secondary N) is 1. The molecule has 0 aliphatic carbocycles. The summed E-state index contributed by atoms with van der Waals surface area (Å²) in [6, 6.07) is 12.6. The average molecular weight is 407 g/mol. The molecular formula is C20H17N5O3S. The molecule has 0 bridgehead atoms. The van der Waals surface area contributed by atoms with E-state index in [0.717, 1.165) is 16.9 Å². The van der Waals surface area contributed by atoms with E-state index in [1.807, 2.05) is 23.6 Å². The molecule has 0 atom stereocenters. The number of thiazole rings is 1. The van der Waals surface area contributed by atoms with E-state index in [2.05, 4.69) is 20.4 Å². The maximum absolute atomic E-state index is 12.5. The Hall–Kier alpha value is -3.72. The lowest BCUT2D eigenvalue weighted by atomic mass is 10.1. The topological polar surface area (TPSA) is 91.2 Å². The third kappa shape index (κ3) is 3.94. The van der Waals surface area contributed by atoms with Crippen LogP contribution in [0.4, 0.5) is 5.13 Å². The minimum Gasteiger partial charge on any atom is -0.493 e. The van der Waals surface area contributed by atoms with Crippen LogP contribution in [-0.4, -0.2) is 39.9 Å². The Morgan fingerprint density at radius 2 is 1.86 bits per heavy atom. The molecule has 2 aromatic heterocycles. The van der Waals surface area contributed by atoms with Crippen molar-refractivity contribution in [1.82, 2.24) is 19.7 Å². The molecule has 0 saturated carbocycles. The molecule has 2 aromatic carbocycles. The van der Waals surface area contributed by atoms with Crippen LogP contribution in [0.15, 0.2) is 60.5 Å². The highest BCUT2D eigenvalue weighted by Crippen LogP contribution is 2.33. The zero-order valence-electron chi connectivity index (χ0n) is 15.7. The number of ether oxygens (including phenoxy) is 2. The number of amides is 1. The lowest BCUT2D eigenvalue weighted by Gasteiger charge is -2.08. The van der Waals surface area contributed by atoms with Gasteiger partial charge in [-0.2, -0.15) is 5.10 Å². The van der Waals surface area contributed by atoms with Crippen molar-refractivity contribution in [2.24, 2.45) is 0 Å². The molecule has 0 aliphatic heterocycles. The summed E-state index contributed by atoms with van der Waals surface area (Å²) in [6.45, 7) is 0. The van der Waals surface area contributed by atoms with Crippen LogP contribution in [0.1, 0.15) is 10.4 Å². The number of carbonyl (C=O) groups is 1. The molecule has 0 unspecified atom stereocenters. The molecule has 0 saturated heterocycles. The van der Waals surface area contributed by atoms with Gasteiger partial charge in [-0.15, -0.1) is 11.3 Å². The van der Waals surface area contributed by atoms with Gasteiger partial charge in [-0.1, -0.05) is 0 Å². The summed E-state index contributed by atoms with van der Waals surface area (Å²) in [7, 11) is 3.18. The molecule has 4 rings (SSSR count). The maximum atomic E-state index is 12.5. The Balaban J connectivity index is 1.48. The first kappa shape index (κ1) is 18.6. The third-order valence-electron chi connectivity index (χ3n) is 4.22. The van der Waals surface area contributed by atoms with Gasteiger partial charge in [0.05, 0.1) is 25.6 Å². The van der Waals surface area contributed by atoms with Crippen LogP contribution in [-0.2, 0) is 0 Å². The van der Waals surface area contributed by atoms with Crippen LogP contribution < -0.4 is 14.8 Å². The van der Waals surface area contributed by atoms with Crippen LogP contribution in [0, 0.1) is 0 Å². The lowest BCUT2D eigenvalue weighted by molar-refractivity contribution is 0.102. The average Bonchev–Trinajstić information content (AvgIpc) is 3.46. The monoisotopic (exact) mass is 407 g/mol. The number of benzene rings is 2. The fourth-order valence-corrected chi connectivity index (χ4v) is 3.45. The molecule has 8 nitrogen and oxygen atoms in total. The van der Waals surface area contributed by atoms with Crippen molar-refractivity contribution in [3.63, 3.8) is 0 Å². The number of methoxy groups -OCH3 is 2. The first-order valence-corrected chi connectivity index (χ1v) is 9.50. The van der Waals surface area contributed by atoms with Crippen molar-refractivity contribution in [3.8, 4) is 28.4 Å². The number of rotatable bonds is 6. The van der Waals surface area contributed by atoms with Gasteiger partial charge in [0.2, 0.25) is 0 Å². The van der Waals surface area contributed by atoms with E-state index in [9.17, 15) is 4.79 Å². The van der Waals surface area contributed by atoms with E-state index in [0.29, 0.717) is 22.2 Å². The minimum atomic E-state index is -0.233. The predicted molar refractivity (Wildman–Crippen MR) is 110 cm³/mol. The van der Waals surface area contributed by atoms with E-state index in [1.165, 1.54) is 17.7 Å². The minimum absolute atomic E-state index is 0.233. The van der Waals surface area contributed by atoms with Gasteiger partial charge in [-0.25, -0.2) is 14.6 Å². The Bertz CT molecular complexity index is 1120. The van der Waals surface area contributed by atoms with Crippen molar-refractivity contribution in [2.75, 3.05) is 19.5 Å². The highest BCUT2D eigenvalue weighted by molar-refractivity contribution is 7.14. The predicted octanol–water partition coefficient (Wildman–Crippen LogP) is 3.66. The van der Waals surface area contributed by atoms with Gasteiger partial charge in [0.15, 0.2) is 16.6 Å². The van der Waals surface area contributed by atoms with Gasteiger partial charge in [0.1, 0.15) is 12.7 Å². The van der Waals surface area contributed by atoms with E-state index in [1.54, 1.807) is 49.5 Å². The highest BCUT2D eigenvalue weighted by atomic mass is 32.1. The van der Waals surface area contributed by atoms with Crippen molar-refractivity contribution < 1.29 is 14.3 Å². The molecule has 0 fully saturated rings. The molecule has 0 radical (unpaired) electrons. The molecule has 2 heterocycles. The second kappa shape index (κ2) is 8.11. The first-order chi connectivity index (χ1) is 14.2. The van der Waals surface area contributed by atoms with Crippen LogP contribution in [0.2, 0.25) is 0 Å². The number of carbonyl (C=O) groups excluding carboxylic acids is 1. The van der Waals surface area contributed by atoms with Crippen LogP contribution in [0.3, 0.4) is 0 Å². The second-order valence-corrected chi connectivity index (χ2v) is 6.81. The second-order valence-electron chi connectivity index (χ2n) is 5.95. The first-order valence-electron chi connectivity index (χ1n) is 8.62. The Morgan fingerprint density at radius 3 is 2.55 bits per heavy atom. The normalized spacial score (nSPS) is 10.6. The van der Waals surface area contributed by atoms with Gasteiger partial charge >= 0.3 is 0 Å². The van der Waals surface area contributed by atoms with Gasteiger partial charge in [-0.3, -0.25) is 10.1 Å². The summed E-state index contributed by atoms with van der Waals surface area (Å²) in [5.74, 6) is 1.04. The molecule has 146 valence electrons. The van der Waals surface area contributed by atoms with Crippen molar-refractivity contribution >= 4 is 22.4 Å². The van der Waals surface area contributed by atoms with Crippen LogP contribution in [0.5, 0.6) is 11.5 Å². The highest BCUT2D eigenvalue weighted by Gasteiger charge is 2.12. The van der Waals surface area contributed by atoms with Crippen LogP contribution in [0.25, 0.3) is 16.9 Å². The molecule has 1 amide bonds. The van der Waals surface area contributed by atoms with Crippen molar-refractivity contribution in [2.45, 2.75) is 0 Å². The summed E-state index contributed by atoms with van der Waals surface area (Å²) in [5.41, 5.74) is 2.96. The number of aromatic nitrogens is 4.